The Morgan fingerprint density at radius 1 is 0.885 bits per heavy atom. The monoisotopic (exact) mass is 350 g/mol. The Morgan fingerprint density at radius 2 is 1.58 bits per heavy atom. The highest BCUT2D eigenvalue weighted by atomic mass is 16.2. The second kappa shape index (κ2) is 8.17. The molecule has 136 valence electrons. The van der Waals surface area contributed by atoms with Gasteiger partial charge >= 0.3 is 0 Å². The maximum atomic E-state index is 12.6. The van der Waals surface area contributed by atoms with Crippen LogP contribution in [0.5, 0.6) is 0 Å². The van der Waals surface area contributed by atoms with Crippen molar-refractivity contribution in [3.05, 3.63) is 64.7 Å². The smallest absolute Gasteiger partial charge is 0.255 e. The first kappa shape index (κ1) is 18.2. The molecule has 4 heteroatoms. The average Bonchev–Trinajstić information content (AvgIpc) is 2.65. The van der Waals surface area contributed by atoms with Crippen molar-refractivity contribution in [1.82, 2.24) is 5.32 Å². The Morgan fingerprint density at radius 3 is 2.27 bits per heavy atom. The third-order valence-electron chi connectivity index (χ3n) is 4.96. The first-order valence-corrected chi connectivity index (χ1v) is 9.32. The summed E-state index contributed by atoms with van der Waals surface area (Å²) in [4.78, 5) is 25.1. The van der Waals surface area contributed by atoms with Gasteiger partial charge in [0.15, 0.2) is 0 Å². The minimum Gasteiger partial charge on any atom is -0.349 e. The Hall–Kier alpha value is -2.62. The van der Waals surface area contributed by atoms with Crippen molar-refractivity contribution in [3.63, 3.8) is 0 Å². The van der Waals surface area contributed by atoms with Gasteiger partial charge in [0.1, 0.15) is 0 Å². The Labute approximate surface area is 155 Å². The van der Waals surface area contributed by atoms with Gasteiger partial charge in [-0.25, -0.2) is 0 Å². The fourth-order valence-electron chi connectivity index (χ4n) is 3.47. The maximum Gasteiger partial charge on any atom is 0.255 e. The zero-order valence-corrected chi connectivity index (χ0v) is 15.5. The fraction of sp³-hybridized carbons (Fsp3) is 0.364. The predicted octanol–water partition coefficient (Wildman–Crippen LogP) is 4.62. The molecule has 2 amide bonds. The summed E-state index contributed by atoms with van der Waals surface area (Å²) in [6, 6.07) is 13.1. The van der Waals surface area contributed by atoms with Crippen molar-refractivity contribution in [2.24, 2.45) is 0 Å². The molecule has 1 saturated carbocycles. The van der Waals surface area contributed by atoms with Crippen molar-refractivity contribution >= 4 is 17.5 Å². The molecule has 0 heterocycles. The number of benzene rings is 2. The number of rotatable bonds is 4. The number of aryl methyl sites for hydroxylation is 2. The van der Waals surface area contributed by atoms with E-state index in [1.54, 1.807) is 24.3 Å². The molecule has 0 radical (unpaired) electrons. The van der Waals surface area contributed by atoms with Gasteiger partial charge in [-0.3, -0.25) is 9.59 Å². The molecule has 0 aliphatic heterocycles. The van der Waals surface area contributed by atoms with Gasteiger partial charge in [-0.1, -0.05) is 43.0 Å². The molecule has 0 atom stereocenters. The molecule has 2 aromatic rings. The molecule has 1 aliphatic carbocycles. The minimum atomic E-state index is -0.204. The SMILES string of the molecule is Cc1ccc(NC(=O)c2cccc(C(=O)NC3CCCCC3)c2)c(C)c1. The van der Waals surface area contributed by atoms with Gasteiger partial charge < -0.3 is 10.6 Å². The first-order valence-electron chi connectivity index (χ1n) is 9.32. The van der Waals surface area contributed by atoms with Gasteiger partial charge in [-0.2, -0.15) is 0 Å². The summed E-state index contributed by atoms with van der Waals surface area (Å²) in [7, 11) is 0. The summed E-state index contributed by atoms with van der Waals surface area (Å²) < 4.78 is 0. The van der Waals surface area contributed by atoms with Gasteiger partial charge in [-0.05, 0) is 56.5 Å². The number of carbonyl (C=O) groups excluding carboxylic acids is 2. The number of amides is 2. The van der Waals surface area contributed by atoms with Crippen LogP contribution in [0.3, 0.4) is 0 Å². The molecule has 0 saturated heterocycles. The lowest BCUT2D eigenvalue weighted by Gasteiger charge is -2.22. The van der Waals surface area contributed by atoms with Crippen molar-refractivity contribution in [2.45, 2.75) is 52.0 Å². The summed E-state index contributed by atoms with van der Waals surface area (Å²) in [5.41, 5.74) is 3.98. The summed E-state index contributed by atoms with van der Waals surface area (Å²) in [6.45, 7) is 3.99. The molecule has 1 aliphatic rings. The van der Waals surface area contributed by atoms with Crippen LogP contribution in [-0.4, -0.2) is 17.9 Å². The van der Waals surface area contributed by atoms with Crippen molar-refractivity contribution in [3.8, 4) is 0 Å². The van der Waals surface area contributed by atoms with Gasteiger partial charge in [0, 0.05) is 22.9 Å². The lowest BCUT2D eigenvalue weighted by molar-refractivity contribution is 0.0927. The highest BCUT2D eigenvalue weighted by Gasteiger charge is 2.17. The number of nitrogens with one attached hydrogen (secondary N) is 2. The van der Waals surface area contributed by atoms with Crippen LogP contribution < -0.4 is 10.6 Å². The van der Waals surface area contributed by atoms with E-state index in [9.17, 15) is 9.59 Å². The summed E-state index contributed by atoms with van der Waals surface area (Å²) >= 11 is 0. The van der Waals surface area contributed by atoms with Crippen molar-refractivity contribution in [1.29, 1.82) is 0 Å². The van der Waals surface area contributed by atoms with Gasteiger partial charge in [0.25, 0.3) is 11.8 Å². The van der Waals surface area contributed by atoms with E-state index in [1.165, 1.54) is 19.3 Å². The molecule has 0 bridgehead atoms. The van der Waals surface area contributed by atoms with E-state index >= 15 is 0 Å². The molecule has 2 N–H and O–H groups in total. The Kier molecular flexibility index (Phi) is 5.71. The number of anilines is 1. The van der Waals surface area contributed by atoms with Crippen LogP contribution in [-0.2, 0) is 0 Å². The lowest BCUT2D eigenvalue weighted by atomic mass is 9.95. The average molecular weight is 350 g/mol. The highest BCUT2D eigenvalue weighted by Crippen LogP contribution is 2.19. The zero-order chi connectivity index (χ0) is 18.5. The second-order valence-corrected chi connectivity index (χ2v) is 7.16. The largest absolute Gasteiger partial charge is 0.349 e. The van der Waals surface area contributed by atoms with E-state index in [-0.39, 0.29) is 17.9 Å². The lowest BCUT2D eigenvalue weighted by Crippen LogP contribution is -2.36. The van der Waals surface area contributed by atoms with Crippen LogP contribution in [0.25, 0.3) is 0 Å². The standard InChI is InChI=1S/C22H26N2O2/c1-15-11-12-20(16(2)13-15)24-22(26)18-8-6-7-17(14-18)21(25)23-19-9-4-3-5-10-19/h6-8,11-14,19H,3-5,9-10H2,1-2H3,(H,23,25)(H,24,26). The topological polar surface area (TPSA) is 58.2 Å². The Balaban J connectivity index is 1.69. The van der Waals surface area contributed by atoms with E-state index in [2.05, 4.69) is 10.6 Å². The molecular weight excluding hydrogens is 324 g/mol. The molecule has 4 nitrogen and oxygen atoms in total. The van der Waals surface area contributed by atoms with E-state index in [0.29, 0.717) is 11.1 Å². The second-order valence-electron chi connectivity index (χ2n) is 7.16. The van der Waals surface area contributed by atoms with Crippen LogP contribution in [0.15, 0.2) is 42.5 Å². The number of carbonyl (C=O) groups is 2. The van der Waals surface area contributed by atoms with E-state index in [1.807, 2.05) is 32.0 Å². The molecule has 26 heavy (non-hydrogen) atoms. The van der Waals surface area contributed by atoms with Crippen LogP contribution >= 0.6 is 0 Å². The number of hydrogen-bond donors (Lipinski definition) is 2. The normalized spacial score (nSPS) is 14.7. The summed E-state index contributed by atoms with van der Waals surface area (Å²) in [6.07, 6.45) is 5.67. The van der Waals surface area contributed by atoms with Crippen LogP contribution in [0.4, 0.5) is 5.69 Å². The van der Waals surface area contributed by atoms with E-state index in [4.69, 9.17) is 0 Å². The van der Waals surface area contributed by atoms with Crippen LogP contribution in [0.2, 0.25) is 0 Å². The molecule has 0 unspecified atom stereocenters. The maximum absolute atomic E-state index is 12.6. The minimum absolute atomic E-state index is 0.0990. The van der Waals surface area contributed by atoms with Gasteiger partial charge in [-0.15, -0.1) is 0 Å². The third-order valence-corrected chi connectivity index (χ3v) is 4.96. The predicted molar refractivity (Wildman–Crippen MR) is 105 cm³/mol. The van der Waals surface area contributed by atoms with Crippen LogP contribution in [0.1, 0.15) is 63.9 Å². The van der Waals surface area contributed by atoms with Gasteiger partial charge in [0.05, 0.1) is 0 Å². The third kappa shape index (κ3) is 4.51. The quantitative estimate of drug-likeness (QED) is 0.845. The molecule has 0 aromatic heterocycles. The highest BCUT2D eigenvalue weighted by molar-refractivity contribution is 6.06. The summed E-state index contributed by atoms with van der Waals surface area (Å²) in [5, 5.41) is 6.03. The molecule has 1 fully saturated rings. The fourth-order valence-corrected chi connectivity index (χ4v) is 3.47. The zero-order valence-electron chi connectivity index (χ0n) is 15.5. The summed E-state index contributed by atoms with van der Waals surface area (Å²) in [5.74, 6) is -0.303. The molecule has 0 spiro atoms. The Bertz CT molecular complexity index is 808. The van der Waals surface area contributed by atoms with Crippen molar-refractivity contribution in [2.75, 3.05) is 5.32 Å². The molecule has 3 rings (SSSR count). The van der Waals surface area contributed by atoms with Crippen LogP contribution in [0, 0.1) is 13.8 Å². The van der Waals surface area contributed by atoms with E-state index < -0.39 is 0 Å². The first-order chi connectivity index (χ1) is 12.5. The molecular formula is C22H26N2O2. The van der Waals surface area contributed by atoms with Crippen molar-refractivity contribution < 1.29 is 9.59 Å². The van der Waals surface area contributed by atoms with E-state index in [0.717, 1.165) is 29.7 Å². The molecule has 2 aromatic carbocycles. The van der Waals surface area contributed by atoms with Gasteiger partial charge in [0.2, 0.25) is 0 Å². The number of hydrogen-bond acceptors (Lipinski definition) is 2.